The number of benzene rings is 1. The van der Waals surface area contributed by atoms with E-state index in [0.717, 1.165) is 0 Å². The molecule has 0 saturated carbocycles. The van der Waals surface area contributed by atoms with Crippen LogP contribution in [0.1, 0.15) is 20.8 Å². The number of thiazole rings is 1. The monoisotopic (exact) mass is 317 g/mol. The van der Waals surface area contributed by atoms with Gasteiger partial charge >= 0.3 is 0 Å². The van der Waals surface area contributed by atoms with Gasteiger partial charge in [0.05, 0.1) is 7.11 Å². The molecule has 1 aromatic carbocycles. The van der Waals surface area contributed by atoms with Gasteiger partial charge in [0.15, 0.2) is 5.13 Å². The summed E-state index contributed by atoms with van der Waals surface area (Å²) in [6.07, 6.45) is 1.58. The third-order valence-electron chi connectivity index (χ3n) is 2.72. The van der Waals surface area contributed by atoms with Gasteiger partial charge in [-0.15, -0.1) is 17.9 Å². The number of carbonyl (C=O) groups is 2. The molecule has 1 aromatic heterocycles. The third-order valence-corrected chi connectivity index (χ3v) is 3.47. The Morgan fingerprint density at radius 1 is 1.32 bits per heavy atom. The summed E-state index contributed by atoms with van der Waals surface area (Å²) >= 11 is 1.19. The minimum Gasteiger partial charge on any atom is -0.497 e. The molecule has 0 aliphatic carbocycles. The highest BCUT2D eigenvalue weighted by molar-refractivity contribution is 7.14. The van der Waals surface area contributed by atoms with Gasteiger partial charge in [0.2, 0.25) is 0 Å². The molecule has 1 heterocycles. The first-order valence-corrected chi connectivity index (χ1v) is 7.32. The molecule has 0 fully saturated rings. The summed E-state index contributed by atoms with van der Waals surface area (Å²) in [4.78, 5) is 27.8. The smallest absolute Gasteiger partial charge is 0.271 e. The Balaban J connectivity index is 2.01. The van der Waals surface area contributed by atoms with Gasteiger partial charge in [-0.2, -0.15) is 0 Å². The molecule has 0 atom stereocenters. The van der Waals surface area contributed by atoms with Gasteiger partial charge in [-0.05, 0) is 24.3 Å². The number of hydrogen-bond acceptors (Lipinski definition) is 5. The lowest BCUT2D eigenvalue weighted by molar-refractivity contribution is 0.0952. The lowest BCUT2D eigenvalue weighted by atomic mass is 10.2. The number of aromatic nitrogens is 1. The molecule has 0 radical (unpaired) electrons. The second-order valence-electron chi connectivity index (χ2n) is 4.22. The molecule has 2 N–H and O–H groups in total. The van der Waals surface area contributed by atoms with Crippen molar-refractivity contribution in [3.8, 4) is 5.75 Å². The highest BCUT2D eigenvalue weighted by Crippen LogP contribution is 2.17. The van der Waals surface area contributed by atoms with E-state index in [1.165, 1.54) is 11.3 Å². The van der Waals surface area contributed by atoms with E-state index in [0.29, 0.717) is 23.0 Å². The summed E-state index contributed by atoms with van der Waals surface area (Å²) in [5.41, 5.74) is 0.741. The summed E-state index contributed by atoms with van der Waals surface area (Å²) in [5, 5.41) is 7.23. The molecule has 0 saturated heterocycles. The molecule has 0 spiro atoms. The molecular formula is C15H15N3O3S. The molecular weight excluding hydrogens is 302 g/mol. The van der Waals surface area contributed by atoms with Crippen molar-refractivity contribution in [1.82, 2.24) is 10.3 Å². The quantitative estimate of drug-likeness (QED) is 0.801. The molecule has 7 heteroatoms. The van der Waals surface area contributed by atoms with Crippen molar-refractivity contribution in [3.63, 3.8) is 0 Å². The van der Waals surface area contributed by atoms with Gasteiger partial charge in [-0.25, -0.2) is 4.98 Å². The number of methoxy groups -OCH3 is 1. The van der Waals surface area contributed by atoms with E-state index in [1.807, 2.05) is 0 Å². The summed E-state index contributed by atoms with van der Waals surface area (Å²) in [7, 11) is 1.56. The fourth-order valence-corrected chi connectivity index (χ4v) is 2.29. The Morgan fingerprint density at radius 2 is 2.05 bits per heavy atom. The molecule has 114 valence electrons. The first kappa shape index (κ1) is 15.7. The summed E-state index contributed by atoms with van der Waals surface area (Å²) in [6.45, 7) is 3.88. The average molecular weight is 317 g/mol. The summed E-state index contributed by atoms with van der Waals surface area (Å²) in [6, 6.07) is 6.70. The molecule has 0 bridgehead atoms. The van der Waals surface area contributed by atoms with Crippen LogP contribution in [0, 0.1) is 0 Å². The maximum absolute atomic E-state index is 12.1. The number of amides is 2. The van der Waals surface area contributed by atoms with Crippen LogP contribution in [-0.4, -0.2) is 30.5 Å². The van der Waals surface area contributed by atoms with Gasteiger partial charge in [-0.1, -0.05) is 6.08 Å². The first-order valence-electron chi connectivity index (χ1n) is 6.44. The van der Waals surface area contributed by atoms with Crippen LogP contribution in [0.3, 0.4) is 0 Å². The van der Waals surface area contributed by atoms with Crippen LogP contribution >= 0.6 is 11.3 Å². The second-order valence-corrected chi connectivity index (χ2v) is 5.08. The van der Waals surface area contributed by atoms with E-state index in [-0.39, 0.29) is 17.5 Å². The van der Waals surface area contributed by atoms with Crippen molar-refractivity contribution in [3.05, 3.63) is 53.6 Å². The largest absolute Gasteiger partial charge is 0.497 e. The van der Waals surface area contributed by atoms with Crippen LogP contribution in [0.25, 0.3) is 0 Å². The zero-order chi connectivity index (χ0) is 15.9. The van der Waals surface area contributed by atoms with Crippen LogP contribution in [-0.2, 0) is 0 Å². The first-order chi connectivity index (χ1) is 10.6. The molecule has 2 amide bonds. The van der Waals surface area contributed by atoms with E-state index in [4.69, 9.17) is 4.74 Å². The van der Waals surface area contributed by atoms with Crippen molar-refractivity contribution in [1.29, 1.82) is 0 Å². The molecule has 2 aromatic rings. The fraction of sp³-hybridized carbons (Fsp3) is 0.133. The van der Waals surface area contributed by atoms with Gasteiger partial charge in [-0.3, -0.25) is 14.9 Å². The number of nitrogens with one attached hydrogen (secondary N) is 2. The number of rotatable bonds is 6. The van der Waals surface area contributed by atoms with Crippen molar-refractivity contribution < 1.29 is 14.3 Å². The number of hydrogen-bond donors (Lipinski definition) is 2. The van der Waals surface area contributed by atoms with Crippen LogP contribution in [0.15, 0.2) is 42.3 Å². The number of nitrogens with zero attached hydrogens (tertiary/aromatic N) is 1. The van der Waals surface area contributed by atoms with Gasteiger partial charge in [0, 0.05) is 17.5 Å². The molecule has 2 rings (SSSR count). The highest BCUT2D eigenvalue weighted by Gasteiger charge is 2.12. The second kappa shape index (κ2) is 7.37. The van der Waals surface area contributed by atoms with E-state index in [1.54, 1.807) is 42.8 Å². The lowest BCUT2D eigenvalue weighted by Crippen LogP contribution is -2.23. The third kappa shape index (κ3) is 3.92. The fourth-order valence-electron chi connectivity index (χ4n) is 1.60. The van der Waals surface area contributed by atoms with E-state index < -0.39 is 0 Å². The molecule has 0 aliphatic rings. The van der Waals surface area contributed by atoms with E-state index in [2.05, 4.69) is 22.2 Å². The number of ether oxygens (including phenoxy) is 1. The van der Waals surface area contributed by atoms with Crippen molar-refractivity contribution >= 4 is 28.3 Å². The van der Waals surface area contributed by atoms with Crippen LogP contribution in [0.2, 0.25) is 0 Å². The Morgan fingerprint density at radius 3 is 2.68 bits per heavy atom. The Labute approximate surface area is 131 Å². The zero-order valence-corrected chi connectivity index (χ0v) is 12.8. The predicted molar refractivity (Wildman–Crippen MR) is 85.6 cm³/mol. The Kier molecular flexibility index (Phi) is 5.26. The Hall–Kier alpha value is -2.67. The standard InChI is InChI=1S/C15H15N3O3S/c1-3-8-16-14(20)12-9-22-15(17-12)18-13(19)10-4-6-11(21-2)7-5-10/h3-7,9H,1,8H2,2H3,(H,16,20)(H,17,18,19). The number of anilines is 1. The Bertz CT molecular complexity index is 680. The maximum atomic E-state index is 12.1. The lowest BCUT2D eigenvalue weighted by Gasteiger charge is -2.03. The van der Waals surface area contributed by atoms with Crippen molar-refractivity contribution in [2.75, 3.05) is 19.0 Å². The molecule has 0 unspecified atom stereocenters. The summed E-state index contributed by atoms with van der Waals surface area (Å²) < 4.78 is 5.04. The van der Waals surface area contributed by atoms with Gasteiger partial charge in [0.25, 0.3) is 11.8 Å². The van der Waals surface area contributed by atoms with Crippen LogP contribution in [0.4, 0.5) is 5.13 Å². The van der Waals surface area contributed by atoms with Gasteiger partial charge < -0.3 is 10.1 Å². The number of carbonyl (C=O) groups excluding carboxylic acids is 2. The van der Waals surface area contributed by atoms with E-state index >= 15 is 0 Å². The average Bonchev–Trinajstić information content (AvgIpc) is 3.01. The molecule has 6 nitrogen and oxygen atoms in total. The normalized spacial score (nSPS) is 9.86. The van der Waals surface area contributed by atoms with E-state index in [9.17, 15) is 9.59 Å². The summed E-state index contributed by atoms with van der Waals surface area (Å²) in [5.74, 6) is 0.0723. The maximum Gasteiger partial charge on any atom is 0.271 e. The van der Waals surface area contributed by atoms with Gasteiger partial charge in [0.1, 0.15) is 11.4 Å². The highest BCUT2D eigenvalue weighted by atomic mass is 32.1. The van der Waals surface area contributed by atoms with Crippen LogP contribution < -0.4 is 15.4 Å². The minimum absolute atomic E-state index is 0.261. The molecule has 0 aliphatic heterocycles. The predicted octanol–water partition coefficient (Wildman–Crippen LogP) is 2.32. The topological polar surface area (TPSA) is 80.3 Å². The zero-order valence-electron chi connectivity index (χ0n) is 12.0. The van der Waals surface area contributed by atoms with Crippen molar-refractivity contribution in [2.45, 2.75) is 0 Å². The van der Waals surface area contributed by atoms with Crippen LogP contribution in [0.5, 0.6) is 5.75 Å². The molecule has 22 heavy (non-hydrogen) atoms. The minimum atomic E-state index is -0.305. The van der Waals surface area contributed by atoms with Crippen molar-refractivity contribution in [2.24, 2.45) is 0 Å². The SMILES string of the molecule is C=CCNC(=O)c1csc(NC(=O)c2ccc(OC)cc2)n1.